The van der Waals surface area contributed by atoms with Crippen molar-refractivity contribution in [1.82, 2.24) is 20.1 Å². The second-order valence-electron chi connectivity index (χ2n) is 7.55. The minimum Gasteiger partial charge on any atom is -0.348 e. The van der Waals surface area contributed by atoms with Gasteiger partial charge in [-0.2, -0.15) is 5.10 Å². The topological polar surface area (TPSA) is 59.8 Å². The fourth-order valence-corrected chi connectivity index (χ4v) is 3.60. The monoisotopic (exact) mass is 402 g/mol. The van der Waals surface area contributed by atoms with Gasteiger partial charge in [-0.25, -0.2) is 4.39 Å². The Balaban J connectivity index is 1.48. The number of amides is 1. The number of benzene rings is 2. The zero-order valence-corrected chi connectivity index (χ0v) is 17.2. The standard InChI is InChI=1S/C24H23FN4O/c1-15-9-16(2)29(28-15)14-19-6-4-5-18(10-19)13-26-24(30)22-12-20-11-21(25)7-8-23(20)27-17(22)3/h4-12H,13-14H2,1-3H3,(H,26,30). The number of carbonyl (C=O) groups excluding carboxylic acids is 1. The Bertz CT molecular complexity index is 1250. The number of carbonyl (C=O) groups is 1. The average molecular weight is 402 g/mol. The van der Waals surface area contributed by atoms with Gasteiger partial charge < -0.3 is 5.32 Å². The first-order chi connectivity index (χ1) is 14.4. The van der Waals surface area contributed by atoms with E-state index < -0.39 is 0 Å². The Morgan fingerprint density at radius 1 is 1.03 bits per heavy atom. The van der Waals surface area contributed by atoms with E-state index in [9.17, 15) is 9.18 Å². The van der Waals surface area contributed by atoms with E-state index >= 15 is 0 Å². The van der Waals surface area contributed by atoms with Crippen LogP contribution >= 0.6 is 0 Å². The Kier molecular flexibility index (Phi) is 5.31. The molecule has 0 fully saturated rings. The van der Waals surface area contributed by atoms with Gasteiger partial charge in [0.15, 0.2) is 0 Å². The molecule has 30 heavy (non-hydrogen) atoms. The summed E-state index contributed by atoms with van der Waals surface area (Å²) in [6, 6.07) is 16.2. The summed E-state index contributed by atoms with van der Waals surface area (Å²) < 4.78 is 15.5. The van der Waals surface area contributed by atoms with E-state index in [0.717, 1.165) is 22.5 Å². The van der Waals surface area contributed by atoms with Crippen molar-refractivity contribution in [3.05, 3.63) is 94.2 Å². The van der Waals surface area contributed by atoms with Crippen molar-refractivity contribution in [2.75, 3.05) is 0 Å². The number of aryl methyl sites for hydroxylation is 3. The smallest absolute Gasteiger partial charge is 0.253 e. The highest BCUT2D eigenvalue weighted by atomic mass is 19.1. The van der Waals surface area contributed by atoms with E-state index in [0.29, 0.717) is 35.2 Å². The molecule has 0 bridgehead atoms. The lowest BCUT2D eigenvalue weighted by molar-refractivity contribution is 0.0950. The Morgan fingerprint density at radius 2 is 1.83 bits per heavy atom. The third-order valence-electron chi connectivity index (χ3n) is 5.09. The van der Waals surface area contributed by atoms with Crippen molar-refractivity contribution in [2.24, 2.45) is 0 Å². The zero-order valence-electron chi connectivity index (χ0n) is 17.2. The number of fused-ring (bicyclic) bond motifs is 1. The van der Waals surface area contributed by atoms with Crippen molar-refractivity contribution in [1.29, 1.82) is 0 Å². The summed E-state index contributed by atoms with van der Waals surface area (Å²) in [6.07, 6.45) is 0. The Morgan fingerprint density at radius 3 is 2.60 bits per heavy atom. The van der Waals surface area contributed by atoms with Gasteiger partial charge in [0.05, 0.1) is 29.0 Å². The third-order valence-corrected chi connectivity index (χ3v) is 5.09. The summed E-state index contributed by atoms with van der Waals surface area (Å²) in [5, 5.41) is 8.06. The predicted octanol–water partition coefficient (Wildman–Crippen LogP) is 4.47. The highest BCUT2D eigenvalue weighted by Crippen LogP contribution is 2.18. The molecule has 0 saturated carbocycles. The van der Waals surface area contributed by atoms with Crippen molar-refractivity contribution in [2.45, 2.75) is 33.9 Å². The molecular weight excluding hydrogens is 379 g/mol. The van der Waals surface area contributed by atoms with Gasteiger partial charge in [0.25, 0.3) is 5.91 Å². The van der Waals surface area contributed by atoms with Crippen LogP contribution in [0.1, 0.15) is 38.6 Å². The van der Waals surface area contributed by atoms with E-state index in [1.807, 2.05) is 36.7 Å². The van der Waals surface area contributed by atoms with Crippen LogP contribution in [0, 0.1) is 26.6 Å². The summed E-state index contributed by atoms with van der Waals surface area (Å²) in [6.45, 7) is 6.88. The number of hydrogen-bond acceptors (Lipinski definition) is 3. The van der Waals surface area contributed by atoms with E-state index in [1.165, 1.54) is 12.1 Å². The number of aromatic nitrogens is 3. The summed E-state index contributed by atoms with van der Waals surface area (Å²) in [7, 11) is 0. The van der Waals surface area contributed by atoms with Crippen LogP contribution < -0.4 is 5.32 Å². The highest BCUT2D eigenvalue weighted by molar-refractivity contribution is 5.98. The second-order valence-corrected chi connectivity index (χ2v) is 7.55. The maximum absolute atomic E-state index is 13.5. The molecule has 152 valence electrons. The van der Waals surface area contributed by atoms with Gasteiger partial charge in [-0.05, 0) is 62.2 Å². The van der Waals surface area contributed by atoms with Gasteiger partial charge >= 0.3 is 0 Å². The first-order valence-corrected chi connectivity index (χ1v) is 9.83. The number of halogens is 1. The molecule has 6 heteroatoms. The molecule has 0 aliphatic carbocycles. The molecule has 5 nitrogen and oxygen atoms in total. The quantitative estimate of drug-likeness (QED) is 0.536. The normalized spacial score (nSPS) is 11.1. The second kappa shape index (κ2) is 8.06. The van der Waals surface area contributed by atoms with E-state index in [-0.39, 0.29) is 11.7 Å². The summed E-state index contributed by atoms with van der Waals surface area (Å²) in [5.41, 5.74) is 5.96. The van der Waals surface area contributed by atoms with Gasteiger partial charge in [0, 0.05) is 17.6 Å². The van der Waals surface area contributed by atoms with Crippen LogP contribution in [0.4, 0.5) is 4.39 Å². The van der Waals surface area contributed by atoms with Gasteiger partial charge in [-0.15, -0.1) is 0 Å². The Hall–Kier alpha value is -3.54. The van der Waals surface area contributed by atoms with Crippen molar-refractivity contribution in [3.63, 3.8) is 0 Å². The minimum atomic E-state index is -0.348. The van der Waals surface area contributed by atoms with E-state index in [1.54, 1.807) is 19.1 Å². The molecule has 2 aromatic carbocycles. The SMILES string of the molecule is Cc1cc(C)n(Cc2cccc(CNC(=O)c3cc4cc(F)ccc4nc3C)c2)n1. The van der Waals surface area contributed by atoms with Gasteiger partial charge in [0.2, 0.25) is 0 Å². The van der Waals surface area contributed by atoms with Crippen LogP contribution in [0.15, 0.2) is 54.6 Å². The van der Waals surface area contributed by atoms with Gasteiger partial charge in [-0.3, -0.25) is 14.5 Å². The van der Waals surface area contributed by atoms with Crippen molar-refractivity contribution >= 4 is 16.8 Å². The minimum absolute atomic E-state index is 0.227. The molecule has 1 amide bonds. The summed E-state index contributed by atoms with van der Waals surface area (Å²) in [4.78, 5) is 17.2. The largest absolute Gasteiger partial charge is 0.348 e. The number of pyridine rings is 1. The summed E-state index contributed by atoms with van der Waals surface area (Å²) in [5.74, 6) is -0.575. The predicted molar refractivity (Wildman–Crippen MR) is 115 cm³/mol. The van der Waals surface area contributed by atoms with Crippen LogP contribution in [-0.4, -0.2) is 20.7 Å². The third kappa shape index (κ3) is 4.22. The van der Waals surface area contributed by atoms with Gasteiger partial charge in [-0.1, -0.05) is 24.3 Å². The lowest BCUT2D eigenvalue weighted by Gasteiger charge is -2.10. The molecule has 0 aliphatic heterocycles. The molecule has 0 spiro atoms. The molecular formula is C24H23FN4O. The maximum atomic E-state index is 13.5. The molecule has 2 heterocycles. The zero-order chi connectivity index (χ0) is 21.3. The molecule has 0 unspecified atom stereocenters. The fourth-order valence-electron chi connectivity index (χ4n) is 3.60. The van der Waals surface area contributed by atoms with E-state index in [4.69, 9.17) is 0 Å². The molecule has 2 aromatic heterocycles. The number of nitrogens with zero attached hydrogens (tertiary/aromatic N) is 3. The molecule has 4 rings (SSSR count). The molecule has 4 aromatic rings. The number of hydrogen-bond donors (Lipinski definition) is 1. The van der Waals surface area contributed by atoms with Gasteiger partial charge in [0.1, 0.15) is 5.82 Å². The first kappa shape index (κ1) is 19.8. The molecule has 0 aliphatic rings. The molecule has 1 N–H and O–H groups in total. The van der Waals surface area contributed by atoms with Crippen LogP contribution in [0.2, 0.25) is 0 Å². The van der Waals surface area contributed by atoms with Crippen molar-refractivity contribution in [3.8, 4) is 0 Å². The van der Waals surface area contributed by atoms with Crippen LogP contribution in [0.5, 0.6) is 0 Å². The Labute approximate surface area is 174 Å². The molecule has 0 radical (unpaired) electrons. The van der Waals surface area contributed by atoms with Crippen molar-refractivity contribution < 1.29 is 9.18 Å². The summed E-state index contributed by atoms with van der Waals surface area (Å²) >= 11 is 0. The maximum Gasteiger partial charge on any atom is 0.253 e. The molecule has 0 saturated heterocycles. The number of nitrogens with one attached hydrogen (secondary N) is 1. The number of rotatable bonds is 5. The van der Waals surface area contributed by atoms with E-state index in [2.05, 4.69) is 27.5 Å². The lowest BCUT2D eigenvalue weighted by Crippen LogP contribution is -2.24. The highest BCUT2D eigenvalue weighted by Gasteiger charge is 2.12. The lowest BCUT2D eigenvalue weighted by atomic mass is 10.1. The van der Waals surface area contributed by atoms with Crippen LogP contribution in [0.3, 0.4) is 0 Å². The fraction of sp³-hybridized carbons (Fsp3) is 0.208. The molecule has 0 atom stereocenters. The van der Waals surface area contributed by atoms with Crippen LogP contribution in [0.25, 0.3) is 10.9 Å². The first-order valence-electron chi connectivity index (χ1n) is 9.83. The average Bonchev–Trinajstić information content (AvgIpc) is 3.03. The van der Waals surface area contributed by atoms with Crippen LogP contribution in [-0.2, 0) is 13.1 Å².